The van der Waals surface area contributed by atoms with Crippen molar-refractivity contribution in [2.75, 3.05) is 0 Å². The standard InChI is InChI=1S/C18H11Cl2FN4S/c1-10-5-2-3-8-13(10)26-17-15(14-11(19)6-4-7-12(14)21)16(20)24-18-22-9-23-25(17)18/h2-9H,1H3. The number of hydrogen-bond donors (Lipinski definition) is 0. The molecule has 8 heteroatoms. The summed E-state index contributed by atoms with van der Waals surface area (Å²) in [5, 5.41) is 5.19. The number of rotatable bonds is 3. The average Bonchev–Trinajstić information content (AvgIpc) is 3.06. The van der Waals surface area contributed by atoms with E-state index in [0.29, 0.717) is 16.4 Å². The van der Waals surface area contributed by atoms with Gasteiger partial charge in [-0.15, -0.1) is 0 Å². The maximum atomic E-state index is 14.6. The molecule has 0 N–H and O–H groups in total. The van der Waals surface area contributed by atoms with Gasteiger partial charge in [0, 0.05) is 10.5 Å². The Morgan fingerprint density at radius 2 is 1.85 bits per heavy atom. The number of benzene rings is 2. The van der Waals surface area contributed by atoms with Crippen molar-refractivity contribution in [3.63, 3.8) is 0 Å². The number of aromatic nitrogens is 4. The van der Waals surface area contributed by atoms with Crippen LogP contribution >= 0.6 is 35.0 Å². The molecule has 4 nitrogen and oxygen atoms in total. The Kier molecular flexibility index (Phi) is 4.56. The molecule has 0 saturated heterocycles. The van der Waals surface area contributed by atoms with Crippen LogP contribution in [0.25, 0.3) is 16.9 Å². The van der Waals surface area contributed by atoms with E-state index in [0.717, 1.165) is 10.5 Å². The van der Waals surface area contributed by atoms with Gasteiger partial charge in [0.15, 0.2) is 0 Å². The summed E-state index contributed by atoms with van der Waals surface area (Å²) in [5.74, 6) is -0.144. The zero-order valence-electron chi connectivity index (χ0n) is 13.4. The average molecular weight is 405 g/mol. The highest BCUT2D eigenvalue weighted by Crippen LogP contribution is 2.43. The van der Waals surface area contributed by atoms with Gasteiger partial charge < -0.3 is 0 Å². The SMILES string of the molecule is Cc1ccccc1Sc1c(-c2c(F)cccc2Cl)c(Cl)nc2ncnn12. The molecule has 2 aromatic heterocycles. The van der Waals surface area contributed by atoms with Crippen LogP contribution in [-0.4, -0.2) is 19.6 Å². The highest BCUT2D eigenvalue weighted by molar-refractivity contribution is 7.99. The second-order valence-corrected chi connectivity index (χ2v) is 7.31. The zero-order chi connectivity index (χ0) is 18.3. The van der Waals surface area contributed by atoms with Gasteiger partial charge in [0.25, 0.3) is 5.78 Å². The molecule has 0 bridgehead atoms. The molecular weight excluding hydrogens is 394 g/mol. The van der Waals surface area contributed by atoms with Gasteiger partial charge in [-0.1, -0.05) is 59.2 Å². The molecule has 0 aliphatic rings. The molecule has 0 atom stereocenters. The quantitative estimate of drug-likeness (QED) is 0.411. The van der Waals surface area contributed by atoms with E-state index in [9.17, 15) is 4.39 Å². The van der Waals surface area contributed by atoms with Gasteiger partial charge in [0.2, 0.25) is 0 Å². The fourth-order valence-electron chi connectivity index (χ4n) is 2.61. The van der Waals surface area contributed by atoms with Crippen LogP contribution in [0, 0.1) is 12.7 Å². The predicted molar refractivity (Wildman–Crippen MR) is 101 cm³/mol. The lowest BCUT2D eigenvalue weighted by Gasteiger charge is -2.15. The summed E-state index contributed by atoms with van der Waals surface area (Å²) in [6.07, 6.45) is 1.38. The lowest BCUT2D eigenvalue weighted by atomic mass is 10.1. The summed E-state index contributed by atoms with van der Waals surface area (Å²) >= 11 is 14.1. The van der Waals surface area contributed by atoms with E-state index >= 15 is 0 Å². The monoisotopic (exact) mass is 404 g/mol. The first-order valence-corrected chi connectivity index (χ1v) is 9.20. The molecule has 0 amide bonds. The summed E-state index contributed by atoms with van der Waals surface area (Å²) in [7, 11) is 0. The minimum atomic E-state index is -0.479. The van der Waals surface area contributed by atoms with Crippen molar-refractivity contribution >= 4 is 40.7 Å². The summed E-state index contributed by atoms with van der Waals surface area (Å²) in [6.45, 7) is 2.00. The van der Waals surface area contributed by atoms with Gasteiger partial charge in [0.1, 0.15) is 22.3 Å². The van der Waals surface area contributed by atoms with Gasteiger partial charge in [-0.3, -0.25) is 0 Å². The summed E-state index contributed by atoms with van der Waals surface area (Å²) in [4.78, 5) is 9.32. The molecule has 4 rings (SSSR count). The number of hydrogen-bond acceptors (Lipinski definition) is 4. The topological polar surface area (TPSA) is 43.1 Å². The van der Waals surface area contributed by atoms with Crippen LogP contribution in [0.3, 0.4) is 0 Å². The van der Waals surface area contributed by atoms with Gasteiger partial charge in [0.05, 0.1) is 10.6 Å². The second-order valence-electron chi connectivity index (χ2n) is 5.52. The minimum Gasteiger partial charge on any atom is -0.206 e. The van der Waals surface area contributed by atoms with Gasteiger partial charge in [-0.25, -0.2) is 4.39 Å². The zero-order valence-corrected chi connectivity index (χ0v) is 15.8. The smallest absolute Gasteiger partial charge is 0.206 e. The third kappa shape index (κ3) is 2.94. The highest BCUT2D eigenvalue weighted by Gasteiger charge is 2.23. The second kappa shape index (κ2) is 6.87. The Balaban J connectivity index is 2.04. The Hall–Kier alpha value is -2.15. The van der Waals surface area contributed by atoms with Crippen LogP contribution in [0.2, 0.25) is 10.2 Å². The first kappa shape index (κ1) is 17.3. The molecule has 0 radical (unpaired) electrons. The fourth-order valence-corrected chi connectivity index (χ4v) is 4.28. The van der Waals surface area contributed by atoms with Crippen LogP contribution in [0.5, 0.6) is 0 Å². The van der Waals surface area contributed by atoms with Crippen molar-refractivity contribution in [1.82, 2.24) is 19.6 Å². The van der Waals surface area contributed by atoms with Crippen molar-refractivity contribution in [1.29, 1.82) is 0 Å². The molecule has 2 heterocycles. The van der Waals surface area contributed by atoms with Crippen LogP contribution in [0.4, 0.5) is 4.39 Å². The maximum Gasteiger partial charge on any atom is 0.254 e. The molecule has 0 fully saturated rings. The van der Waals surface area contributed by atoms with Crippen molar-refractivity contribution in [3.05, 3.63) is 70.3 Å². The first-order chi connectivity index (χ1) is 12.6. The molecule has 0 unspecified atom stereocenters. The molecular formula is C18H11Cl2FN4S. The summed E-state index contributed by atoms with van der Waals surface area (Å²) in [5.41, 5.74) is 1.66. The van der Waals surface area contributed by atoms with Crippen molar-refractivity contribution in [2.45, 2.75) is 16.8 Å². The molecule has 0 aliphatic heterocycles. The molecule has 26 heavy (non-hydrogen) atoms. The lowest BCUT2D eigenvalue weighted by molar-refractivity contribution is 0.630. The Labute approximate surface area is 163 Å². The molecule has 4 aromatic rings. The van der Waals surface area contributed by atoms with Crippen molar-refractivity contribution in [2.24, 2.45) is 0 Å². The number of aryl methyl sites for hydroxylation is 1. The van der Waals surface area contributed by atoms with E-state index < -0.39 is 5.82 Å². The van der Waals surface area contributed by atoms with E-state index in [1.54, 1.807) is 16.6 Å². The van der Waals surface area contributed by atoms with Gasteiger partial charge in [-0.05, 0) is 30.7 Å². The van der Waals surface area contributed by atoms with E-state index in [-0.39, 0.29) is 15.7 Å². The van der Waals surface area contributed by atoms with E-state index in [1.807, 2.05) is 31.2 Å². The molecule has 0 aliphatic carbocycles. The first-order valence-electron chi connectivity index (χ1n) is 7.63. The Morgan fingerprint density at radius 1 is 1.04 bits per heavy atom. The third-order valence-corrected chi connectivity index (χ3v) is 5.69. The maximum absolute atomic E-state index is 14.6. The third-order valence-electron chi connectivity index (χ3n) is 3.85. The molecule has 0 spiro atoms. The van der Waals surface area contributed by atoms with Crippen LogP contribution in [0.15, 0.2) is 58.7 Å². The largest absolute Gasteiger partial charge is 0.254 e. The Bertz CT molecular complexity index is 1110. The Morgan fingerprint density at radius 3 is 2.62 bits per heavy atom. The number of halogens is 3. The van der Waals surface area contributed by atoms with Gasteiger partial charge in [-0.2, -0.15) is 19.6 Å². The predicted octanol–water partition coefficient (Wildman–Crippen LogP) is 5.70. The molecule has 0 saturated carbocycles. The van der Waals surface area contributed by atoms with Crippen LogP contribution in [-0.2, 0) is 0 Å². The van der Waals surface area contributed by atoms with Crippen LogP contribution in [0.1, 0.15) is 5.56 Å². The highest BCUT2D eigenvalue weighted by atomic mass is 35.5. The van der Waals surface area contributed by atoms with Crippen LogP contribution < -0.4 is 0 Å². The lowest BCUT2D eigenvalue weighted by Crippen LogP contribution is -2.02. The number of nitrogens with zero attached hydrogens (tertiary/aromatic N) is 4. The fraction of sp³-hybridized carbons (Fsp3) is 0.0556. The van der Waals surface area contributed by atoms with E-state index in [1.165, 1.54) is 24.2 Å². The number of fused-ring (bicyclic) bond motifs is 1. The van der Waals surface area contributed by atoms with Crippen molar-refractivity contribution in [3.8, 4) is 11.1 Å². The minimum absolute atomic E-state index is 0.119. The summed E-state index contributed by atoms with van der Waals surface area (Å²) < 4.78 is 16.2. The van der Waals surface area contributed by atoms with Gasteiger partial charge >= 0.3 is 0 Å². The normalized spacial score (nSPS) is 11.2. The molecule has 2 aromatic carbocycles. The molecule has 130 valence electrons. The van der Waals surface area contributed by atoms with E-state index in [2.05, 4.69) is 15.1 Å². The van der Waals surface area contributed by atoms with E-state index in [4.69, 9.17) is 23.2 Å². The van der Waals surface area contributed by atoms with Crippen molar-refractivity contribution < 1.29 is 4.39 Å². The summed E-state index contributed by atoms with van der Waals surface area (Å²) in [6, 6.07) is 12.4.